The van der Waals surface area contributed by atoms with Crippen LogP contribution in [0.25, 0.3) is 33.1 Å². The van der Waals surface area contributed by atoms with E-state index in [4.69, 9.17) is 4.74 Å². The fraction of sp³-hybridized carbons (Fsp3) is 0.290. The number of imidazole rings is 1. The van der Waals surface area contributed by atoms with Crippen LogP contribution in [0, 0.1) is 11.8 Å². The number of pyridine rings is 1. The Hall–Kier alpha value is -3.86. The summed E-state index contributed by atoms with van der Waals surface area (Å²) < 4.78 is 6.29. The molecule has 3 aromatic carbocycles. The molecule has 0 radical (unpaired) electrons. The molecule has 2 N–H and O–H groups in total. The number of aromatic nitrogens is 3. The number of hydrogen-bond donors (Lipinski definition) is 2. The first kappa shape index (κ1) is 22.6. The van der Waals surface area contributed by atoms with Crippen LogP contribution >= 0.6 is 0 Å². The molecule has 6 rings (SSSR count). The lowest BCUT2D eigenvalue weighted by molar-refractivity contribution is 0.222. The molecule has 5 aromatic rings. The van der Waals surface area contributed by atoms with Gasteiger partial charge in [0.05, 0.1) is 23.2 Å². The Bertz CT molecular complexity index is 1520. The van der Waals surface area contributed by atoms with Gasteiger partial charge in [-0.15, -0.1) is 0 Å². The molecule has 0 saturated heterocycles. The second kappa shape index (κ2) is 9.65. The highest BCUT2D eigenvalue weighted by atomic mass is 16.5. The van der Waals surface area contributed by atoms with Gasteiger partial charge in [-0.2, -0.15) is 0 Å². The third-order valence-corrected chi connectivity index (χ3v) is 7.53. The third-order valence-electron chi connectivity index (χ3n) is 7.53. The van der Waals surface area contributed by atoms with E-state index in [1.54, 1.807) is 0 Å². The SMILES string of the molecule is CCNc1nc2ccc(-c3ccc4c(c3)CC(C)C(Cc3ccnc5ccccc35)CCO4)cc2[nH]1. The van der Waals surface area contributed by atoms with E-state index in [2.05, 4.69) is 101 Å². The molecule has 0 aliphatic carbocycles. The van der Waals surface area contributed by atoms with Crippen molar-refractivity contribution in [2.24, 2.45) is 11.8 Å². The van der Waals surface area contributed by atoms with Crippen LogP contribution in [0.3, 0.4) is 0 Å². The van der Waals surface area contributed by atoms with Gasteiger partial charge in [0.25, 0.3) is 0 Å². The number of para-hydroxylation sites is 1. The zero-order valence-corrected chi connectivity index (χ0v) is 20.9. The molecule has 0 saturated carbocycles. The smallest absolute Gasteiger partial charge is 0.201 e. The Kier molecular flexibility index (Phi) is 6.06. The summed E-state index contributed by atoms with van der Waals surface area (Å²) >= 11 is 0. The molecule has 2 aromatic heterocycles. The molecule has 0 spiro atoms. The maximum absolute atomic E-state index is 6.29. The molecule has 36 heavy (non-hydrogen) atoms. The van der Waals surface area contributed by atoms with Gasteiger partial charge in [-0.3, -0.25) is 4.98 Å². The Balaban J connectivity index is 1.26. The molecule has 0 fully saturated rings. The van der Waals surface area contributed by atoms with Crippen LogP contribution in [0.2, 0.25) is 0 Å². The van der Waals surface area contributed by atoms with Crippen molar-refractivity contribution in [3.05, 3.63) is 84.1 Å². The standard InChI is InChI=1S/C31H32N4O/c1-3-32-31-34-28-10-8-23(19-29(28)35-31)22-9-11-30-25(18-22)16-20(2)21(13-15-36-30)17-24-12-14-33-27-7-5-4-6-26(24)27/h4-12,14,18-21H,3,13,15-17H2,1-2H3,(H2,32,34,35). The number of hydrogen-bond acceptors (Lipinski definition) is 4. The summed E-state index contributed by atoms with van der Waals surface area (Å²) in [4.78, 5) is 12.5. The number of fused-ring (bicyclic) bond motifs is 3. The third kappa shape index (κ3) is 4.41. The van der Waals surface area contributed by atoms with E-state index in [0.717, 1.165) is 60.7 Å². The largest absolute Gasteiger partial charge is 0.493 e. The van der Waals surface area contributed by atoms with Crippen molar-refractivity contribution in [2.45, 2.75) is 33.1 Å². The average Bonchev–Trinajstić information content (AvgIpc) is 3.30. The van der Waals surface area contributed by atoms with E-state index in [9.17, 15) is 0 Å². The van der Waals surface area contributed by atoms with E-state index < -0.39 is 0 Å². The second-order valence-corrected chi connectivity index (χ2v) is 9.94. The zero-order chi connectivity index (χ0) is 24.5. The summed E-state index contributed by atoms with van der Waals surface area (Å²) in [6.07, 6.45) is 5.06. The van der Waals surface area contributed by atoms with Gasteiger partial charge in [-0.05, 0) is 96.7 Å². The zero-order valence-electron chi connectivity index (χ0n) is 20.9. The molecule has 2 unspecified atom stereocenters. The summed E-state index contributed by atoms with van der Waals surface area (Å²) in [5.41, 5.74) is 8.18. The van der Waals surface area contributed by atoms with Crippen molar-refractivity contribution in [1.82, 2.24) is 15.0 Å². The lowest BCUT2D eigenvalue weighted by Gasteiger charge is -2.28. The molecule has 3 heterocycles. The molecule has 0 bridgehead atoms. The van der Waals surface area contributed by atoms with Gasteiger partial charge in [0, 0.05) is 18.1 Å². The topological polar surface area (TPSA) is 62.8 Å². The summed E-state index contributed by atoms with van der Waals surface area (Å²) in [5, 5.41) is 4.53. The van der Waals surface area contributed by atoms with E-state index in [1.807, 2.05) is 6.20 Å². The maximum atomic E-state index is 6.29. The van der Waals surface area contributed by atoms with Gasteiger partial charge in [0.2, 0.25) is 5.95 Å². The molecule has 0 amide bonds. The molecule has 1 aliphatic heterocycles. The lowest BCUT2D eigenvalue weighted by Crippen LogP contribution is -2.22. The fourth-order valence-corrected chi connectivity index (χ4v) is 5.54. The molecule has 5 heteroatoms. The number of nitrogens with zero attached hydrogens (tertiary/aromatic N) is 2. The number of nitrogens with one attached hydrogen (secondary N) is 2. The predicted octanol–water partition coefficient (Wildman–Crippen LogP) is 7.03. The molecule has 1 aliphatic rings. The minimum Gasteiger partial charge on any atom is -0.493 e. The number of rotatable bonds is 5. The van der Waals surface area contributed by atoms with E-state index in [1.165, 1.54) is 27.6 Å². The van der Waals surface area contributed by atoms with Crippen molar-refractivity contribution in [1.29, 1.82) is 0 Å². The van der Waals surface area contributed by atoms with Crippen LogP contribution in [0.4, 0.5) is 5.95 Å². The van der Waals surface area contributed by atoms with Crippen molar-refractivity contribution in [3.63, 3.8) is 0 Å². The first-order chi connectivity index (χ1) is 17.7. The van der Waals surface area contributed by atoms with E-state index in [-0.39, 0.29) is 0 Å². The highest BCUT2D eigenvalue weighted by Crippen LogP contribution is 2.35. The second-order valence-electron chi connectivity index (χ2n) is 9.94. The van der Waals surface area contributed by atoms with Crippen LogP contribution in [-0.4, -0.2) is 28.1 Å². The predicted molar refractivity (Wildman–Crippen MR) is 148 cm³/mol. The molecule has 2 atom stereocenters. The highest BCUT2D eigenvalue weighted by Gasteiger charge is 2.24. The van der Waals surface area contributed by atoms with Gasteiger partial charge < -0.3 is 15.0 Å². The Labute approximate surface area is 211 Å². The summed E-state index contributed by atoms with van der Waals surface area (Å²) in [6.45, 7) is 6.06. The number of anilines is 1. The highest BCUT2D eigenvalue weighted by molar-refractivity contribution is 5.84. The number of H-pyrrole nitrogens is 1. The van der Waals surface area contributed by atoms with Crippen LogP contribution in [-0.2, 0) is 12.8 Å². The van der Waals surface area contributed by atoms with Crippen LogP contribution < -0.4 is 10.1 Å². The minimum atomic E-state index is 0.549. The maximum Gasteiger partial charge on any atom is 0.201 e. The van der Waals surface area contributed by atoms with Crippen molar-refractivity contribution >= 4 is 27.9 Å². The molecule has 5 nitrogen and oxygen atoms in total. The van der Waals surface area contributed by atoms with E-state index >= 15 is 0 Å². The molecular formula is C31H32N4O. The van der Waals surface area contributed by atoms with Crippen molar-refractivity contribution < 1.29 is 4.74 Å². The minimum absolute atomic E-state index is 0.549. The van der Waals surface area contributed by atoms with Crippen LogP contribution in [0.5, 0.6) is 5.75 Å². The van der Waals surface area contributed by atoms with Gasteiger partial charge in [-0.1, -0.05) is 37.3 Å². The molecule has 182 valence electrons. The Morgan fingerprint density at radius 2 is 1.86 bits per heavy atom. The first-order valence-electron chi connectivity index (χ1n) is 13.0. The average molecular weight is 477 g/mol. The van der Waals surface area contributed by atoms with Gasteiger partial charge in [0.1, 0.15) is 5.75 Å². The van der Waals surface area contributed by atoms with Crippen molar-refractivity contribution in [3.8, 4) is 16.9 Å². The Morgan fingerprint density at radius 3 is 2.78 bits per heavy atom. The monoisotopic (exact) mass is 476 g/mol. The Morgan fingerprint density at radius 1 is 1.00 bits per heavy atom. The lowest BCUT2D eigenvalue weighted by atomic mass is 9.80. The van der Waals surface area contributed by atoms with Crippen molar-refractivity contribution in [2.75, 3.05) is 18.5 Å². The van der Waals surface area contributed by atoms with Crippen LogP contribution in [0.15, 0.2) is 72.9 Å². The summed E-state index contributed by atoms with van der Waals surface area (Å²) in [6, 6.07) is 23.7. The summed E-state index contributed by atoms with van der Waals surface area (Å²) in [7, 11) is 0. The quantitative estimate of drug-likeness (QED) is 0.286. The first-order valence-corrected chi connectivity index (χ1v) is 13.0. The number of ether oxygens (including phenoxy) is 1. The van der Waals surface area contributed by atoms with E-state index in [0.29, 0.717) is 11.8 Å². The van der Waals surface area contributed by atoms with Gasteiger partial charge in [0.15, 0.2) is 0 Å². The van der Waals surface area contributed by atoms with Gasteiger partial charge >= 0.3 is 0 Å². The number of aromatic amines is 1. The van der Waals surface area contributed by atoms with Gasteiger partial charge in [-0.25, -0.2) is 4.98 Å². The number of benzene rings is 3. The fourth-order valence-electron chi connectivity index (χ4n) is 5.54. The van der Waals surface area contributed by atoms with Crippen LogP contribution in [0.1, 0.15) is 31.4 Å². The summed E-state index contributed by atoms with van der Waals surface area (Å²) in [5.74, 6) is 2.94. The normalized spacial score (nSPS) is 17.8. The molecular weight excluding hydrogens is 444 g/mol.